The predicted molar refractivity (Wildman–Crippen MR) is 130 cm³/mol. The summed E-state index contributed by atoms with van der Waals surface area (Å²) in [6, 6.07) is 14.0. The second-order valence-corrected chi connectivity index (χ2v) is 8.96. The van der Waals surface area contributed by atoms with Crippen molar-refractivity contribution in [3.8, 4) is 16.9 Å². The number of aromatic nitrogens is 3. The molecule has 1 amide bonds. The molecule has 1 aliphatic rings. The van der Waals surface area contributed by atoms with Gasteiger partial charge in [-0.15, -0.1) is 0 Å². The van der Waals surface area contributed by atoms with Gasteiger partial charge < -0.3 is 14.7 Å². The van der Waals surface area contributed by atoms with Gasteiger partial charge in [0.15, 0.2) is 0 Å². The highest BCUT2D eigenvalue weighted by molar-refractivity contribution is 5.96. The minimum Gasteiger partial charge on any atom is -0.490 e. The van der Waals surface area contributed by atoms with Gasteiger partial charge in [-0.2, -0.15) is 5.10 Å². The van der Waals surface area contributed by atoms with Crippen LogP contribution in [0.2, 0.25) is 0 Å². The SMILES string of the molecule is Cc1cccc(-c2ccc(C(=O)N(C)Cc3cnc(CO)c4cn[nH]c34)cc2OC2CCC2)c1. The standard InChI is InChI=1S/C27H28N4O3/c1-17-5-3-6-18(11-17)22-10-9-19(12-25(22)34-21-7-4-8-21)27(33)31(2)15-20-13-28-24(16-32)23-14-29-30-26(20)23/h3,5-6,9-14,21,32H,4,7-8,15-16H2,1-2H3,(H,29,30). The third kappa shape index (κ3) is 4.26. The Labute approximate surface area is 198 Å². The number of ether oxygens (including phenoxy) is 1. The van der Waals surface area contributed by atoms with Gasteiger partial charge in [-0.05, 0) is 49.9 Å². The average molecular weight is 457 g/mol. The number of hydrogen-bond acceptors (Lipinski definition) is 5. The van der Waals surface area contributed by atoms with Crippen LogP contribution in [0.25, 0.3) is 22.0 Å². The zero-order valence-corrected chi connectivity index (χ0v) is 19.4. The summed E-state index contributed by atoms with van der Waals surface area (Å²) in [5.74, 6) is 0.646. The first-order valence-corrected chi connectivity index (χ1v) is 11.6. The minimum atomic E-state index is -0.165. The molecule has 1 aliphatic carbocycles. The van der Waals surface area contributed by atoms with Gasteiger partial charge in [0.05, 0.1) is 30.1 Å². The van der Waals surface area contributed by atoms with Gasteiger partial charge in [-0.1, -0.05) is 29.8 Å². The van der Waals surface area contributed by atoms with E-state index in [4.69, 9.17) is 4.74 Å². The quantitative estimate of drug-likeness (QED) is 0.423. The van der Waals surface area contributed by atoms with Crippen LogP contribution in [-0.2, 0) is 13.2 Å². The number of pyridine rings is 1. The molecule has 7 nitrogen and oxygen atoms in total. The second kappa shape index (κ2) is 9.27. The number of carbonyl (C=O) groups excluding carboxylic acids is 1. The fraction of sp³-hybridized carbons (Fsp3) is 0.296. The van der Waals surface area contributed by atoms with E-state index in [1.807, 2.05) is 24.3 Å². The number of nitrogens with one attached hydrogen (secondary N) is 1. The lowest BCUT2D eigenvalue weighted by Crippen LogP contribution is -2.27. The largest absolute Gasteiger partial charge is 0.490 e. The van der Waals surface area contributed by atoms with Gasteiger partial charge in [-0.3, -0.25) is 14.9 Å². The summed E-state index contributed by atoms with van der Waals surface area (Å²) in [6.45, 7) is 2.26. The molecule has 4 aromatic rings. The number of amides is 1. The molecule has 2 aromatic heterocycles. The van der Waals surface area contributed by atoms with E-state index in [9.17, 15) is 9.90 Å². The van der Waals surface area contributed by atoms with E-state index >= 15 is 0 Å². The van der Waals surface area contributed by atoms with Crippen LogP contribution in [0.15, 0.2) is 54.9 Å². The van der Waals surface area contributed by atoms with E-state index in [1.54, 1.807) is 24.3 Å². The second-order valence-electron chi connectivity index (χ2n) is 8.96. The number of aromatic amines is 1. The third-order valence-electron chi connectivity index (χ3n) is 6.46. The Kier molecular flexibility index (Phi) is 6.02. The maximum Gasteiger partial charge on any atom is 0.254 e. The van der Waals surface area contributed by atoms with E-state index in [0.29, 0.717) is 17.8 Å². The lowest BCUT2D eigenvalue weighted by molar-refractivity contribution is 0.0783. The van der Waals surface area contributed by atoms with Crippen LogP contribution in [0, 0.1) is 6.92 Å². The summed E-state index contributed by atoms with van der Waals surface area (Å²) in [5, 5.41) is 17.3. The van der Waals surface area contributed by atoms with E-state index in [2.05, 4.69) is 40.3 Å². The van der Waals surface area contributed by atoms with Crippen molar-refractivity contribution in [3.05, 3.63) is 77.2 Å². The molecule has 0 aliphatic heterocycles. The lowest BCUT2D eigenvalue weighted by Gasteiger charge is -2.28. The number of aliphatic hydroxyl groups excluding tert-OH is 1. The molecule has 7 heteroatoms. The van der Waals surface area contributed by atoms with E-state index in [-0.39, 0.29) is 18.6 Å². The highest BCUT2D eigenvalue weighted by Crippen LogP contribution is 2.35. The van der Waals surface area contributed by atoms with Gasteiger partial charge in [0.25, 0.3) is 5.91 Å². The maximum absolute atomic E-state index is 13.4. The van der Waals surface area contributed by atoms with Crippen molar-refractivity contribution >= 4 is 16.8 Å². The molecule has 34 heavy (non-hydrogen) atoms. The number of aryl methyl sites for hydroxylation is 1. The zero-order valence-electron chi connectivity index (χ0n) is 19.4. The van der Waals surface area contributed by atoms with Gasteiger partial charge in [0.2, 0.25) is 0 Å². The summed E-state index contributed by atoms with van der Waals surface area (Å²) in [5.41, 5.74) is 6.01. The fourth-order valence-electron chi connectivity index (χ4n) is 4.31. The van der Waals surface area contributed by atoms with Crippen LogP contribution < -0.4 is 4.74 Å². The molecular formula is C27H28N4O3. The Hall–Kier alpha value is -3.71. The lowest BCUT2D eigenvalue weighted by atomic mass is 9.95. The third-order valence-corrected chi connectivity index (χ3v) is 6.46. The Morgan fingerprint density at radius 1 is 1.21 bits per heavy atom. The Balaban J connectivity index is 1.43. The number of aliphatic hydroxyl groups is 1. The molecule has 0 spiro atoms. The highest BCUT2D eigenvalue weighted by Gasteiger charge is 2.23. The van der Waals surface area contributed by atoms with E-state index in [0.717, 1.165) is 46.2 Å². The van der Waals surface area contributed by atoms with Crippen molar-refractivity contribution in [1.82, 2.24) is 20.1 Å². The van der Waals surface area contributed by atoms with Gasteiger partial charge >= 0.3 is 0 Å². The maximum atomic E-state index is 13.4. The van der Waals surface area contributed by atoms with Crippen LogP contribution in [0.4, 0.5) is 0 Å². The number of fused-ring (bicyclic) bond motifs is 1. The van der Waals surface area contributed by atoms with E-state index < -0.39 is 0 Å². The van der Waals surface area contributed by atoms with Crippen molar-refractivity contribution in [2.24, 2.45) is 0 Å². The smallest absolute Gasteiger partial charge is 0.254 e. The number of benzene rings is 2. The van der Waals surface area contributed by atoms with Gasteiger partial charge in [0, 0.05) is 41.9 Å². The van der Waals surface area contributed by atoms with Crippen LogP contribution in [0.5, 0.6) is 5.75 Å². The molecule has 1 saturated carbocycles. The topological polar surface area (TPSA) is 91.3 Å². The molecule has 174 valence electrons. The Morgan fingerprint density at radius 3 is 2.79 bits per heavy atom. The summed E-state index contributed by atoms with van der Waals surface area (Å²) >= 11 is 0. The molecule has 2 N–H and O–H groups in total. The van der Waals surface area contributed by atoms with E-state index in [1.165, 1.54) is 12.0 Å². The molecular weight excluding hydrogens is 428 g/mol. The molecule has 2 aromatic carbocycles. The van der Waals surface area contributed by atoms with Crippen LogP contribution in [0.3, 0.4) is 0 Å². The van der Waals surface area contributed by atoms with Crippen molar-refractivity contribution in [1.29, 1.82) is 0 Å². The zero-order chi connectivity index (χ0) is 23.7. The van der Waals surface area contributed by atoms with Crippen LogP contribution >= 0.6 is 0 Å². The molecule has 1 fully saturated rings. The summed E-state index contributed by atoms with van der Waals surface area (Å²) in [6.07, 6.45) is 6.80. The van der Waals surface area contributed by atoms with Gasteiger partial charge in [-0.25, -0.2) is 0 Å². The number of nitrogens with zero attached hydrogens (tertiary/aromatic N) is 3. The minimum absolute atomic E-state index is 0.104. The van der Waals surface area contributed by atoms with Gasteiger partial charge in [0.1, 0.15) is 5.75 Å². The first-order chi connectivity index (χ1) is 16.5. The molecule has 2 heterocycles. The molecule has 5 rings (SSSR count). The number of H-pyrrole nitrogens is 1. The van der Waals surface area contributed by atoms with Crippen molar-refractivity contribution in [2.45, 2.75) is 45.4 Å². The first kappa shape index (κ1) is 22.1. The average Bonchev–Trinajstić information content (AvgIpc) is 3.31. The number of rotatable bonds is 7. The van der Waals surface area contributed by atoms with Crippen molar-refractivity contribution in [2.75, 3.05) is 7.05 Å². The molecule has 0 atom stereocenters. The molecule has 0 radical (unpaired) electrons. The number of hydrogen-bond donors (Lipinski definition) is 2. The summed E-state index contributed by atoms with van der Waals surface area (Å²) < 4.78 is 6.32. The Morgan fingerprint density at radius 2 is 2.06 bits per heavy atom. The highest BCUT2D eigenvalue weighted by atomic mass is 16.5. The fourth-order valence-corrected chi connectivity index (χ4v) is 4.31. The van der Waals surface area contributed by atoms with Crippen LogP contribution in [0.1, 0.15) is 46.4 Å². The summed E-state index contributed by atoms with van der Waals surface area (Å²) in [4.78, 5) is 19.3. The van der Waals surface area contributed by atoms with Crippen molar-refractivity contribution in [3.63, 3.8) is 0 Å². The van der Waals surface area contributed by atoms with Crippen molar-refractivity contribution < 1.29 is 14.6 Å². The number of carbonyl (C=O) groups is 1. The summed E-state index contributed by atoms with van der Waals surface area (Å²) in [7, 11) is 1.77. The molecule has 0 saturated heterocycles. The normalized spacial score (nSPS) is 13.6. The molecule has 0 unspecified atom stereocenters. The predicted octanol–water partition coefficient (Wildman–Crippen LogP) is 4.63. The first-order valence-electron chi connectivity index (χ1n) is 11.6. The monoisotopic (exact) mass is 456 g/mol. The van der Waals surface area contributed by atoms with Crippen LogP contribution in [-0.4, -0.2) is 44.2 Å². The Bertz CT molecular complexity index is 1340. The molecule has 0 bridgehead atoms.